The van der Waals surface area contributed by atoms with Gasteiger partial charge in [0.2, 0.25) is 5.91 Å². The standard InChI is InChI=1S/C19H26N2O2/c1-15-9-10-21(16(15)2)19(22)8-5-17-3-6-18(7-4-17)20-11-13-23-14-12-20/h3-8,15-16H,9-14H2,1-2H3/b8-5+. The van der Waals surface area contributed by atoms with Crippen LogP contribution in [0.15, 0.2) is 30.3 Å². The molecule has 124 valence electrons. The zero-order valence-electron chi connectivity index (χ0n) is 14.1. The maximum Gasteiger partial charge on any atom is 0.246 e. The van der Waals surface area contributed by atoms with Crippen LogP contribution in [-0.2, 0) is 9.53 Å². The third-order valence-electron chi connectivity index (χ3n) is 5.11. The number of carbonyl (C=O) groups excluding carboxylic acids is 1. The van der Waals surface area contributed by atoms with Crippen LogP contribution < -0.4 is 4.90 Å². The van der Waals surface area contributed by atoms with Crippen LogP contribution in [0.4, 0.5) is 5.69 Å². The molecule has 2 heterocycles. The topological polar surface area (TPSA) is 32.8 Å². The van der Waals surface area contributed by atoms with Crippen molar-refractivity contribution in [1.29, 1.82) is 0 Å². The molecule has 2 unspecified atom stereocenters. The number of benzene rings is 1. The second-order valence-electron chi connectivity index (χ2n) is 6.56. The third kappa shape index (κ3) is 3.75. The Hall–Kier alpha value is -1.81. The van der Waals surface area contributed by atoms with Crippen LogP contribution in [0.2, 0.25) is 0 Å². The van der Waals surface area contributed by atoms with Crippen molar-refractivity contribution in [3.05, 3.63) is 35.9 Å². The second kappa shape index (κ2) is 7.18. The predicted molar refractivity (Wildman–Crippen MR) is 93.5 cm³/mol. The number of amides is 1. The molecule has 4 nitrogen and oxygen atoms in total. The van der Waals surface area contributed by atoms with Gasteiger partial charge in [0.05, 0.1) is 13.2 Å². The molecular formula is C19H26N2O2. The summed E-state index contributed by atoms with van der Waals surface area (Å²) in [4.78, 5) is 16.6. The van der Waals surface area contributed by atoms with Crippen LogP contribution in [0.25, 0.3) is 6.08 Å². The summed E-state index contributed by atoms with van der Waals surface area (Å²) < 4.78 is 5.38. The van der Waals surface area contributed by atoms with Gasteiger partial charge in [-0.25, -0.2) is 0 Å². The molecule has 1 aromatic rings. The number of ether oxygens (including phenoxy) is 1. The van der Waals surface area contributed by atoms with Crippen molar-refractivity contribution in [2.75, 3.05) is 37.7 Å². The molecule has 0 aliphatic carbocycles. The molecule has 3 rings (SSSR count). The van der Waals surface area contributed by atoms with E-state index in [1.807, 2.05) is 11.0 Å². The summed E-state index contributed by atoms with van der Waals surface area (Å²) in [6.07, 6.45) is 4.73. The van der Waals surface area contributed by atoms with Crippen LogP contribution in [0.3, 0.4) is 0 Å². The van der Waals surface area contributed by atoms with Crippen LogP contribution in [0.1, 0.15) is 25.8 Å². The Morgan fingerprint density at radius 1 is 1.13 bits per heavy atom. The molecule has 1 aromatic carbocycles. The number of anilines is 1. The Balaban J connectivity index is 1.60. The van der Waals surface area contributed by atoms with E-state index < -0.39 is 0 Å². The highest BCUT2D eigenvalue weighted by Crippen LogP contribution is 2.23. The number of rotatable bonds is 3. The summed E-state index contributed by atoms with van der Waals surface area (Å²) >= 11 is 0. The number of nitrogens with zero attached hydrogens (tertiary/aromatic N) is 2. The highest BCUT2D eigenvalue weighted by Gasteiger charge is 2.29. The van der Waals surface area contributed by atoms with Crippen molar-refractivity contribution < 1.29 is 9.53 Å². The molecule has 0 N–H and O–H groups in total. The lowest BCUT2D eigenvalue weighted by molar-refractivity contribution is -0.126. The van der Waals surface area contributed by atoms with Gasteiger partial charge in [0.1, 0.15) is 0 Å². The number of hydrogen-bond donors (Lipinski definition) is 0. The number of likely N-dealkylation sites (tertiary alicyclic amines) is 1. The van der Waals surface area contributed by atoms with E-state index in [0.29, 0.717) is 12.0 Å². The molecule has 2 fully saturated rings. The molecule has 0 aromatic heterocycles. The summed E-state index contributed by atoms with van der Waals surface area (Å²) in [7, 11) is 0. The maximum absolute atomic E-state index is 12.3. The minimum Gasteiger partial charge on any atom is -0.378 e. The molecule has 2 atom stereocenters. The maximum atomic E-state index is 12.3. The highest BCUT2D eigenvalue weighted by atomic mass is 16.5. The minimum atomic E-state index is 0.124. The van der Waals surface area contributed by atoms with Crippen LogP contribution in [-0.4, -0.2) is 49.7 Å². The Morgan fingerprint density at radius 3 is 2.43 bits per heavy atom. The van der Waals surface area contributed by atoms with Gasteiger partial charge in [-0.3, -0.25) is 4.79 Å². The lowest BCUT2D eigenvalue weighted by atomic mass is 10.1. The zero-order chi connectivity index (χ0) is 16.2. The van der Waals surface area contributed by atoms with Gasteiger partial charge in [-0.1, -0.05) is 19.1 Å². The molecule has 4 heteroatoms. The van der Waals surface area contributed by atoms with E-state index in [1.54, 1.807) is 6.08 Å². The normalized spacial score (nSPS) is 25.3. The molecule has 23 heavy (non-hydrogen) atoms. The number of carbonyl (C=O) groups is 1. The summed E-state index contributed by atoms with van der Waals surface area (Å²) in [5.41, 5.74) is 2.29. The fraction of sp³-hybridized carbons (Fsp3) is 0.526. The van der Waals surface area contributed by atoms with Crippen LogP contribution in [0, 0.1) is 5.92 Å². The van der Waals surface area contributed by atoms with Gasteiger partial charge in [-0.05, 0) is 43.0 Å². The van der Waals surface area contributed by atoms with E-state index in [-0.39, 0.29) is 5.91 Å². The quantitative estimate of drug-likeness (QED) is 0.804. The van der Waals surface area contributed by atoms with E-state index in [0.717, 1.165) is 44.8 Å². The van der Waals surface area contributed by atoms with E-state index in [9.17, 15) is 4.79 Å². The molecule has 2 aliphatic heterocycles. The third-order valence-corrected chi connectivity index (χ3v) is 5.11. The first kappa shape index (κ1) is 16.1. The van der Waals surface area contributed by atoms with Crippen LogP contribution in [0.5, 0.6) is 0 Å². The van der Waals surface area contributed by atoms with E-state index >= 15 is 0 Å². The van der Waals surface area contributed by atoms with E-state index in [4.69, 9.17) is 4.74 Å². The largest absolute Gasteiger partial charge is 0.378 e. The summed E-state index contributed by atoms with van der Waals surface area (Å²) in [6.45, 7) is 8.70. The van der Waals surface area contributed by atoms with Crippen molar-refractivity contribution in [3.8, 4) is 0 Å². The SMILES string of the molecule is CC1CCN(C(=O)/C=C/c2ccc(N3CCOCC3)cc2)C1C. The van der Waals surface area contributed by atoms with E-state index in [1.165, 1.54) is 5.69 Å². The molecule has 1 amide bonds. The molecule has 0 spiro atoms. The van der Waals surface area contributed by atoms with Crippen molar-refractivity contribution in [3.63, 3.8) is 0 Å². The fourth-order valence-corrected chi connectivity index (χ4v) is 3.29. The van der Waals surface area contributed by atoms with Crippen LogP contribution >= 0.6 is 0 Å². The number of morpholine rings is 1. The molecule has 0 saturated carbocycles. The molecule has 2 saturated heterocycles. The summed E-state index contributed by atoms with van der Waals surface area (Å²) in [5, 5.41) is 0. The van der Waals surface area contributed by atoms with Crippen molar-refractivity contribution in [1.82, 2.24) is 4.90 Å². The van der Waals surface area contributed by atoms with Gasteiger partial charge in [0.25, 0.3) is 0 Å². The minimum absolute atomic E-state index is 0.124. The summed E-state index contributed by atoms with van der Waals surface area (Å²) in [6, 6.07) is 8.73. The monoisotopic (exact) mass is 314 g/mol. The fourth-order valence-electron chi connectivity index (χ4n) is 3.29. The first-order valence-corrected chi connectivity index (χ1v) is 8.56. The van der Waals surface area contributed by atoms with Gasteiger partial charge < -0.3 is 14.5 Å². The van der Waals surface area contributed by atoms with Crippen molar-refractivity contribution >= 4 is 17.7 Å². The van der Waals surface area contributed by atoms with Gasteiger partial charge in [0, 0.05) is 37.4 Å². The molecule has 2 aliphatic rings. The first-order valence-electron chi connectivity index (χ1n) is 8.56. The van der Waals surface area contributed by atoms with Gasteiger partial charge in [-0.2, -0.15) is 0 Å². The van der Waals surface area contributed by atoms with E-state index in [2.05, 4.69) is 43.0 Å². The van der Waals surface area contributed by atoms with Crippen molar-refractivity contribution in [2.24, 2.45) is 5.92 Å². The summed E-state index contributed by atoms with van der Waals surface area (Å²) in [5.74, 6) is 0.722. The molecule has 0 radical (unpaired) electrons. The number of hydrogen-bond acceptors (Lipinski definition) is 3. The zero-order valence-corrected chi connectivity index (χ0v) is 14.1. The van der Waals surface area contributed by atoms with Gasteiger partial charge in [0.15, 0.2) is 0 Å². The van der Waals surface area contributed by atoms with Crippen molar-refractivity contribution in [2.45, 2.75) is 26.3 Å². The Kier molecular flexibility index (Phi) is 5.01. The Morgan fingerprint density at radius 2 is 1.83 bits per heavy atom. The average molecular weight is 314 g/mol. The first-order chi connectivity index (χ1) is 11.1. The average Bonchev–Trinajstić information content (AvgIpc) is 2.93. The molecular weight excluding hydrogens is 288 g/mol. The molecule has 0 bridgehead atoms. The lowest BCUT2D eigenvalue weighted by Gasteiger charge is -2.28. The second-order valence-corrected chi connectivity index (χ2v) is 6.56. The Labute approximate surface area is 138 Å². The smallest absolute Gasteiger partial charge is 0.246 e. The van der Waals surface area contributed by atoms with Gasteiger partial charge in [-0.15, -0.1) is 0 Å². The highest BCUT2D eigenvalue weighted by molar-refractivity contribution is 5.92. The predicted octanol–water partition coefficient (Wildman–Crippen LogP) is 2.79. The lowest BCUT2D eigenvalue weighted by Crippen LogP contribution is -2.36. The van der Waals surface area contributed by atoms with Gasteiger partial charge >= 0.3 is 0 Å². The Bertz CT molecular complexity index is 561.